The van der Waals surface area contributed by atoms with E-state index in [-0.39, 0.29) is 188 Å². The Kier molecular flexibility index (Phi) is 30.4. The van der Waals surface area contributed by atoms with Gasteiger partial charge in [-0.25, -0.2) is 0 Å². The minimum atomic E-state index is -0.597. The van der Waals surface area contributed by atoms with Gasteiger partial charge in [-0.05, 0) is 251 Å². The van der Waals surface area contributed by atoms with Gasteiger partial charge in [-0.1, -0.05) is 51.5 Å². The molecular weight excluding hydrogens is 1370 g/mol. The molecule has 107 heavy (non-hydrogen) atoms. The number of hydrogen-bond donors (Lipinski definition) is 0. The highest BCUT2D eigenvalue weighted by atomic mass is 16.7. The summed E-state index contributed by atoms with van der Waals surface area (Å²) in [7, 11) is 15.1. The summed E-state index contributed by atoms with van der Waals surface area (Å²) in [5, 5.41) is 0. The van der Waals surface area contributed by atoms with Crippen LogP contribution in [0, 0.1) is 71.0 Å². The molecule has 0 bridgehead atoms. The molecule has 0 amide bonds. The molecule has 22 nitrogen and oxygen atoms in total. The van der Waals surface area contributed by atoms with Crippen molar-refractivity contribution < 1.29 is 95.0 Å². The summed E-state index contributed by atoms with van der Waals surface area (Å²) in [5.41, 5.74) is 2.89. The molecule has 0 aromatic heterocycles. The van der Waals surface area contributed by atoms with Gasteiger partial charge in [0, 0.05) is 77.4 Å². The molecule has 0 aromatic carbocycles. The summed E-state index contributed by atoms with van der Waals surface area (Å²) in [6.07, 6.45) is 17.4. The van der Waals surface area contributed by atoms with E-state index in [1.54, 1.807) is 28.4 Å². The number of esters is 2. The van der Waals surface area contributed by atoms with Gasteiger partial charge < -0.3 is 85.6 Å². The third-order valence-corrected chi connectivity index (χ3v) is 27.6. The Labute approximate surface area is 640 Å². The van der Waals surface area contributed by atoms with E-state index in [9.17, 15) is 19.2 Å². The van der Waals surface area contributed by atoms with E-state index in [4.69, 9.17) is 75.8 Å². The second-order valence-corrected chi connectivity index (χ2v) is 34.3. The van der Waals surface area contributed by atoms with Crippen LogP contribution in [0.5, 0.6) is 0 Å². The molecule has 2 unspecified atom stereocenters. The number of fused-ring (bicyclic) bond motifs is 10. The average molecular weight is 1510 g/mol. The SMILES string of the molecule is CCO[C@@H]1[C@@H](OC)[C@H](C)OC(O[C@@H]2C[C@H]3CC[C@@H]4[C@@H](C=C5C(=O)[C@H](C)[C@@H](O[C@H]6CC[C@H](N(C)C)[C@@H](C)O6)CCC[C@H](CC)OC(=O)C[C@H]54)[C@@H]3C2)[C@@H]1OC.CCO[C@@H]1[C@@H](OC)[C@H](C)OC(O[C@H]2C[C@H]3[C@@H]4C=C5C(=O)[C@H](C)[C@@H](O[C@H]6CC[C@H](N(C)C)[C@@H](C)O6)CCC[C@H](CC)OC(=O)C[C@H]5[C@@H]4C=C(C)[C@@H]3C2)[C@@H]1OC. The van der Waals surface area contributed by atoms with Gasteiger partial charge in [-0.2, -0.15) is 0 Å². The number of ketones is 2. The normalized spacial score (nSPS) is 45.0. The van der Waals surface area contributed by atoms with Gasteiger partial charge in [-0.3, -0.25) is 19.2 Å². The maximum Gasteiger partial charge on any atom is 0.306 e. The second-order valence-electron chi connectivity index (χ2n) is 34.3. The number of methoxy groups -OCH3 is 4. The minimum Gasteiger partial charge on any atom is -0.462 e. The zero-order valence-electron chi connectivity index (χ0n) is 68.5. The van der Waals surface area contributed by atoms with E-state index in [1.807, 2.05) is 41.5 Å². The van der Waals surface area contributed by atoms with Crippen molar-refractivity contribution in [3.05, 3.63) is 34.9 Å². The molecule has 6 aliphatic heterocycles. The number of allylic oxidation sites excluding steroid dienone is 6. The largest absolute Gasteiger partial charge is 0.462 e. The predicted molar refractivity (Wildman–Crippen MR) is 402 cm³/mol. The summed E-state index contributed by atoms with van der Waals surface area (Å²) in [6, 6.07) is 0.682. The van der Waals surface area contributed by atoms with Crippen molar-refractivity contribution in [3.63, 3.8) is 0 Å². The Bertz CT molecular complexity index is 3000. The number of rotatable bonds is 20. The molecule has 34 atom stereocenters. The van der Waals surface area contributed by atoms with Crippen LogP contribution in [0.4, 0.5) is 0 Å². The lowest BCUT2D eigenvalue weighted by Gasteiger charge is -2.44. The van der Waals surface area contributed by atoms with Gasteiger partial charge in [0.25, 0.3) is 0 Å². The molecule has 22 heteroatoms. The highest BCUT2D eigenvalue weighted by Crippen LogP contribution is 2.59. The molecule has 0 spiro atoms. The smallest absolute Gasteiger partial charge is 0.306 e. The van der Waals surface area contributed by atoms with E-state index < -0.39 is 24.8 Å². The van der Waals surface area contributed by atoms with Gasteiger partial charge in [0.15, 0.2) is 36.7 Å². The van der Waals surface area contributed by atoms with Crippen LogP contribution in [-0.2, 0) is 95.0 Å². The molecule has 0 N–H and O–H groups in total. The average Bonchev–Trinajstić information content (AvgIpc) is 1.60. The quantitative estimate of drug-likeness (QED) is 0.0816. The topological polar surface area (TPSA) is 222 Å². The first-order valence-corrected chi connectivity index (χ1v) is 41.9. The van der Waals surface area contributed by atoms with E-state index in [2.05, 4.69) is 90.8 Å². The Morgan fingerprint density at radius 1 is 0.430 bits per heavy atom. The number of hydrogen-bond acceptors (Lipinski definition) is 22. The molecule has 12 aliphatic rings. The molecule has 3 saturated carbocycles. The summed E-state index contributed by atoms with van der Waals surface area (Å²) in [4.78, 5) is 61.0. The van der Waals surface area contributed by atoms with E-state index in [0.717, 1.165) is 120 Å². The van der Waals surface area contributed by atoms with Gasteiger partial charge in [-0.15, -0.1) is 0 Å². The highest BCUT2D eigenvalue weighted by molar-refractivity contribution is 6.00. The zero-order valence-corrected chi connectivity index (χ0v) is 68.5. The summed E-state index contributed by atoms with van der Waals surface area (Å²) in [5.74, 6) is 0.742. The minimum absolute atomic E-state index is 0.00218. The van der Waals surface area contributed by atoms with Crippen LogP contribution >= 0.6 is 0 Å². The van der Waals surface area contributed by atoms with Crippen molar-refractivity contribution in [2.45, 2.75) is 339 Å². The Hall–Kier alpha value is -3.14. The number of nitrogens with zero attached hydrogens (tertiary/aromatic N) is 2. The van der Waals surface area contributed by atoms with Crippen molar-refractivity contribution in [1.29, 1.82) is 0 Å². The number of ether oxygens (including phenoxy) is 16. The van der Waals surface area contributed by atoms with E-state index >= 15 is 0 Å². The van der Waals surface area contributed by atoms with Crippen LogP contribution < -0.4 is 0 Å². The fourth-order valence-corrected chi connectivity index (χ4v) is 21.9. The molecule has 9 fully saturated rings. The first-order valence-electron chi connectivity index (χ1n) is 41.9. The van der Waals surface area contributed by atoms with Crippen LogP contribution in [0.3, 0.4) is 0 Å². The number of Topliss-reactive ketones (excluding diaryl/α,β-unsaturated/α-hetero) is 2. The van der Waals surface area contributed by atoms with E-state index in [0.29, 0.717) is 49.5 Å². The molecule has 6 saturated heterocycles. The Balaban J connectivity index is 0.000000213. The maximum absolute atomic E-state index is 14.8. The summed E-state index contributed by atoms with van der Waals surface area (Å²) < 4.78 is 100. The highest BCUT2D eigenvalue weighted by Gasteiger charge is 2.57. The van der Waals surface area contributed by atoms with Crippen LogP contribution in [-0.4, -0.2) is 238 Å². The Morgan fingerprint density at radius 3 is 1.35 bits per heavy atom. The van der Waals surface area contributed by atoms with Gasteiger partial charge >= 0.3 is 11.9 Å². The Morgan fingerprint density at radius 2 is 0.888 bits per heavy atom. The first kappa shape index (κ1) is 84.8. The van der Waals surface area contributed by atoms with Gasteiger partial charge in [0.05, 0.1) is 61.7 Å². The van der Waals surface area contributed by atoms with Crippen molar-refractivity contribution in [3.8, 4) is 0 Å². The lowest BCUT2D eigenvalue weighted by atomic mass is 9.66. The molecule has 12 rings (SSSR count). The van der Waals surface area contributed by atoms with Crippen LogP contribution in [0.2, 0.25) is 0 Å². The lowest BCUT2D eigenvalue weighted by molar-refractivity contribution is -0.317. The monoisotopic (exact) mass is 1510 g/mol. The number of cyclic esters (lactones) is 2. The lowest BCUT2D eigenvalue weighted by Crippen LogP contribution is -2.60. The second kappa shape index (κ2) is 38.3. The molecule has 6 heterocycles. The molecule has 6 aliphatic carbocycles. The third kappa shape index (κ3) is 19.1. The number of carbonyl (C=O) groups excluding carboxylic acids is 4. The predicted octanol–water partition coefficient (Wildman–Crippen LogP) is 12.4. The van der Waals surface area contributed by atoms with Crippen molar-refractivity contribution in [2.24, 2.45) is 71.0 Å². The van der Waals surface area contributed by atoms with Crippen molar-refractivity contribution >= 4 is 23.5 Å². The van der Waals surface area contributed by atoms with Crippen molar-refractivity contribution in [1.82, 2.24) is 9.80 Å². The molecule has 0 aromatic rings. The molecule has 0 radical (unpaired) electrons. The zero-order chi connectivity index (χ0) is 76.8. The first-order chi connectivity index (χ1) is 51.3. The van der Waals surface area contributed by atoms with Crippen LogP contribution in [0.1, 0.15) is 205 Å². The maximum atomic E-state index is 14.8. The molecule has 608 valence electrons. The van der Waals surface area contributed by atoms with Crippen LogP contribution in [0.15, 0.2) is 34.9 Å². The van der Waals surface area contributed by atoms with Gasteiger partial charge in [0.1, 0.15) is 48.8 Å². The summed E-state index contributed by atoms with van der Waals surface area (Å²) in [6.45, 7) is 23.7. The van der Waals surface area contributed by atoms with Gasteiger partial charge in [0.2, 0.25) is 0 Å². The number of carbonyl (C=O) groups is 4. The summed E-state index contributed by atoms with van der Waals surface area (Å²) >= 11 is 0. The fourth-order valence-electron chi connectivity index (χ4n) is 21.9. The third-order valence-electron chi connectivity index (χ3n) is 27.6. The number of likely N-dealkylation sites (N-methyl/N-ethyl adjacent to an activating group) is 2. The van der Waals surface area contributed by atoms with Crippen molar-refractivity contribution in [2.75, 3.05) is 69.8 Å². The molecular formula is C85H138N2O20. The fraction of sp³-hybridized carbons (Fsp3) is 0.882. The van der Waals surface area contributed by atoms with Crippen LogP contribution in [0.25, 0.3) is 0 Å². The standard InChI is InChI=1S/C43H69NO10.C42H69NO10/c1-11-27-14-13-15-36(54-38-17-16-35(44(7)8)25(5)50-38)24(4)39(46)34-21-32-30(33(34)22-37(45)52-27)18-23(3)29-19-28(20-31(29)32)53-43-42(48-10)41(49-12-2)40(47-9)26(6)51-43;1-10-27-13-12-14-35(53-37-18-17-34(43(6)7)24(4)49-37)23(3)38(45)33-21-31-29(32(33)22-36(44)51-27)16-15-26-19-28(20-30(26)31)52-42-41(47-9)40(48-11-2)39(46-8)25(5)50-42/h18,21,24-33,35-36,38,40-43H,11-17,19-20,22H2,1-10H3;21,23-32,34-35,37,39-42H,10-20,22H2,1-9H3/t24-,25-,26+,27+,28-,29+,30-,31-,32-,33+,35+,36+,38+,40+,41-,42-,43?;23-,24-,25+,26-,27+,28-,29-,30-,31-,32+,34+,35+,37+,39+,40-,41-,42?/m11/s1. The van der Waals surface area contributed by atoms with E-state index in [1.165, 1.54) is 5.57 Å².